The lowest BCUT2D eigenvalue weighted by atomic mass is 10.2. The third-order valence-corrected chi connectivity index (χ3v) is 4.28. The molecule has 5 heteroatoms. The highest BCUT2D eigenvalue weighted by atomic mass is 79.9. The molecule has 3 nitrogen and oxygen atoms in total. The number of ether oxygens (including phenoxy) is 1. The summed E-state index contributed by atoms with van der Waals surface area (Å²) in [6, 6.07) is 8.32. The van der Waals surface area contributed by atoms with Crippen molar-refractivity contribution in [3.63, 3.8) is 0 Å². The van der Waals surface area contributed by atoms with Crippen molar-refractivity contribution in [1.82, 2.24) is 5.32 Å². The van der Waals surface area contributed by atoms with Gasteiger partial charge < -0.3 is 14.5 Å². The highest BCUT2D eigenvalue weighted by Gasteiger charge is 2.21. The first kappa shape index (κ1) is 14.9. The highest BCUT2D eigenvalue weighted by molar-refractivity contribution is 9.10. The summed E-state index contributed by atoms with van der Waals surface area (Å²) in [6.45, 7) is 3.20. The maximum Gasteiger partial charge on any atom is 0.138 e. The minimum Gasteiger partial charge on any atom is -0.487 e. The zero-order valence-corrected chi connectivity index (χ0v) is 14.1. The van der Waals surface area contributed by atoms with E-state index in [1.54, 1.807) is 0 Å². The van der Waals surface area contributed by atoms with E-state index < -0.39 is 0 Å². The molecule has 1 aromatic heterocycles. The van der Waals surface area contributed by atoms with Gasteiger partial charge in [-0.15, -0.1) is 0 Å². The Balaban J connectivity index is 1.61. The van der Waals surface area contributed by atoms with E-state index in [1.807, 2.05) is 25.1 Å². The van der Waals surface area contributed by atoms with Gasteiger partial charge in [0.15, 0.2) is 0 Å². The topological polar surface area (TPSA) is 34.4 Å². The SMILES string of the molecule is Cc1oc(CNC2CC2)cc1COc1ccc(Br)cc1Cl. The van der Waals surface area contributed by atoms with Crippen molar-refractivity contribution >= 4 is 27.5 Å². The number of halogens is 2. The van der Waals surface area contributed by atoms with E-state index in [2.05, 4.69) is 27.3 Å². The van der Waals surface area contributed by atoms with Gasteiger partial charge in [0.05, 0.1) is 11.6 Å². The molecular formula is C16H17BrClNO2. The number of furan rings is 1. The third kappa shape index (κ3) is 4.02. The van der Waals surface area contributed by atoms with Crippen LogP contribution in [0.5, 0.6) is 5.75 Å². The lowest BCUT2D eigenvalue weighted by Crippen LogP contribution is -2.14. The monoisotopic (exact) mass is 369 g/mol. The number of hydrogen-bond acceptors (Lipinski definition) is 3. The first-order chi connectivity index (χ1) is 10.1. The van der Waals surface area contributed by atoms with E-state index in [0.717, 1.165) is 28.1 Å². The largest absolute Gasteiger partial charge is 0.487 e. The van der Waals surface area contributed by atoms with Crippen LogP contribution in [0.1, 0.15) is 29.9 Å². The minimum absolute atomic E-state index is 0.458. The third-order valence-electron chi connectivity index (χ3n) is 3.49. The molecule has 21 heavy (non-hydrogen) atoms. The Bertz CT molecular complexity index is 637. The predicted molar refractivity (Wildman–Crippen MR) is 86.8 cm³/mol. The first-order valence-corrected chi connectivity index (χ1v) is 8.18. The van der Waals surface area contributed by atoms with Gasteiger partial charge in [-0.2, -0.15) is 0 Å². The number of rotatable bonds is 6. The molecule has 0 bridgehead atoms. The van der Waals surface area contributed by atoms with Crippen molar-refractivity contribution in [2.24, 2.45) is 0 Å². The Kier molecular flexibility index (Phi) is 4.57. The van der Waals surface area contributed by atoms with E-state index in [9.17, 15) is 0 Å². The van der Waals surface area contributed by atoms with E-state index in [0.29, 0.717) is 23.4 Å². The van der Waals surface area contributed by atoms with Gasteiger partial charge in [0.25, 0.3) is 0 Å². The molecular weight excluding hydrogens is 354 g/mol. The molecule has 1 aromatic carbocycles. The van der Waals surface area contributed by atoms with Crippen molar-refractivity contribution in [3.8, 4) is 5.75 Å². The smallest absolute Gasteiger partial charge is 0.138 e. The van der Waals surface area contributed by atoms with Crippen molar-refractivity contribution < 1.29 is 9.15 Å². The van der Waals surface area contributed by atoms with Gasteiger partial charge in [-0.05, 0) is 44.0 Å². The summed E-state index contributed by atoms with van der Waals surface area (Å²) in [5, 5.41) is 4.04. The average molecular weight is 371 g/mol. The number of benzene rings is 1. The predicted octanol–water partition coefficient (Wildman–Crippen LogP) is 4.83. The molecule has 1 N–H and O–H groups in total. The summed E-state index contributed by atoms with van der Waals surface area (Å²) < 4.78 is 12.5. The van der Waals surface area contributed by atoms with Crippen LogP contribution in [0.3, 0.4) is 0 Å². The highest BCUT2D eigenvalue weighted by Crippen LogP contribution is 2.29. The molecule has 0 unspecified atom stereocenters. The van der Waals surface area contributed by atoms with Crippen molar-refractivity contribution in [3.05, 3.63) is 50.8 Å². The summed E-state index contributed by atoms with van der Waals surface area (Å²) in [5.41, 5.74) is 1.06. The van der Waals surface area contributed by atoms with Crippen molar-refractivity contribution in [2.75, 3.05) is 0 Å². The van der Waals surface area contributed by atoms with Crippen LogP contribution in [0, 0.1) is 6.92 Å². The first-order valence-electron chi connectivity index (χ1n) is 7.01. The molecule has 112 valence electrons. The van der Waals surface area contributed by atoms with Crippen LogP contribution in [0.25, 0.3) is 0 Å². The van der Waals surface area contributed by atoms with Crippen LogP contribution in [0.4, 0.5) is 0 Å². The van der Waals surface area contributed by atoms with Gasteiger partial charge in [-0.1, -0.05) is 27.5 Å². The summed E-state index contributed by atoms with van der Waals surface area (Å²) in [4.78, 5) is 0. The molecule has 0 spiro atoms. The zero-order chi connectivity index (χ0) is 14.8. The van der Waals surface area contributed by atoms with Gasteiger partial charge in [0, 0.05) is 16.1 Å². The zero-order valence-electron chi connectivity index (χ0n) is 11.8. The summed E-state index contributed by atoms with van der Waals surface area (Å²) >= 11 is 9.52. The maximum atomic E-state index is 6.14. The molecule has 1 aliphatic rings. The van der Waals surface area contributed by atoms with Crippen LogP contribution in [0.2, 0.25) is 5.02 Å². The van der Waals surface area contributed by atoms with Crippen LogP contribution in [0.15, 0.2) is 33.2 Å². The van der Waals surface area contributed by atoms with Gasteiger partial charge in [0.1, 0.15) is 23.9 Å². The summed E-state index contributed by atoms with van der Waals surface area (Å²) in [5.74, 6) is 2.54. The molecule has 1 saturated carbocycles. The average Bonchev–Trinajstić information content (AvgIpc) is 3.20. The number of aryl methyl sites for hydroxylation is 1. The Hall–Kier alpha value is -0.970. The molecule has 1 heterocycles. The molecule has 2 aromatic rings. The molecule has 1 aliphatic carbocycles. The quantitative estimate of drug-likeness (QED) is 0.790. The van der Waals surface area contributed by atoms with E-state index in [1.165, 1.54) is 12.8 Å². The fraction of sp³-hybridized carbons (Fsp3) is 0.375. The fourth-order valence-electron chi connectivity index (χ4n) is 2.10. The van der Waals surface area contributed by atoms with E-state index in [4.69, 9.17) is 20.8 Å². The van der Waals surface area contributed by atoms with E-state index >= 15 is 0 Å². The Morgan fingerprint density at radius 2 is 2.19 bits per heavy atom. The Labute approximate surface area is 137 Å². The summed E-state index contributed by atoms with van der Waals surface area (Å²) in [7, 11) is 0. The van der Waals surface area contributed by atoms with Crippen LogP contribution >= 0.6 is 27.5 Å². The molecule has 1 fully saturated rings. The van der Waals surface area contributed by atoms with Gasteiger partial charge in [-0.25, -0.2) is 0 Å². The van der Waals surface area contributed by atoms with Gasteiger partial charge in [0.2, 0.25) is 0 Å². The molecule has 3 rings (SSSR count). The second-order valence-corrected chi connectivity index (χ2v) is 6.64. The minimum atomic E-state index is 0.458. The maximum absolute atomic E-state index is 6.14. The molecule has 0 saturated heterocycles. The molecule has 0 aliphatic heterocycles. The van der Waals surface area contributed by atoms with Crippen molar-refractivity contribution in [1.29, 1.82) is 0 Å². The second kappa shape index (κ2) is 6.42. The Morgan fingerprint density at radius 1 is 1.38 bits per heavy atom. The Morgan fingerprint density at radius 3 is 2.90 bits per heavy atom. The second-order valence-electron chi connectivity index (χ2n) is 5.31. The lowest BCUT2D eigenvalue weighted by Gasteiger charge is -2.07. The molecule has 0 atom stereocenters. The van der Waals surface area contributed by atoms with Crippen LogP contribution in [-0.2, 0) is 13.2 Å². The molecule has 0 radical (unpaired) electrons. The van der Waals surface area contributed by atoms with Gasteiger partial charge in [-0.3, -0.25) is 0 Å². The molecule has 0 amide bonds. The summed E-state index contributed by atoms with van der Waals surface area (Å²) in [6.07, 6.45) is 2.55. The number of hydrogen-bond donors (Lipinski definition) is 1. The standard InChI is InChI=1S/C16H17BrClNO2/c1-10-11(6-14(21-10)8-19-13-3-4-13)9-20-16-5-2-12(17)7-15(16)18/h2,5-7,13,19H,3-4,8-9H2,1H3. The van der Waals surface area contributed by atoms with E-state index in [-0.39, 0.29) is 0 Å². The number of nitrogens with one attached hydrogen (secondary N) is 1. The van der Waals surface area contributed by atoms with Crippen LogP contribution < -0.4 is 10.1 Å². The fourth-order valence-corrected chi connectivity index (χ4v) is 2.83. The van der Waals surface area contributed by atoms with Crippen molar-refractivity contribution in [2.45, 2.75) is 39.0 Å². The normalized spacial score (nSPS) is 14.4. The lowest BCUT2D eigenvalue weighted by molar-refractivity contribution is 0.303. The van der Waals surface area contributed by atoms with Crippen LogP contribution in [-0.4, -0.2) is 6.04 Å². The van der Waals surface area contributed by atoms with Gasteiger partial charge >= 0.3 is 0 Å².